The van der Waals surface area contributed by atoms with Gasteiger partial charge in [0, 0.05) is 6.04 Å². The van der Waals surface area contributed by atoms with Gasteiger partial charge in [0.15, 0.2) is 0 Å². The number of aliphatic hydroxyl groups excluding tert-OH is 1. The van der Waals surface area contributed by atoms with Crippen molar-refractivity contribution < 1.29 is 9.84 Å². The molecule has 18 heavy (non-hydrogen) atoms. The summed E-state index contributed by atoms with van der Waals surface area (Å²) in [5.74, 6) is 0. The normalized spacial score (nSPS) is 22.7. The number of aliphatic hydroxyl groups is 1. The predicted molar refractivity (Wildman–Crippen MR) is 72.4 cm³/mol. The summed E-state index contributed by atoms with van der Waals surface area (Å²) in [5.41, 5.74) is 1.22. The fourth-order valence-electron chi connectivity index (χ4n) is 2.26. The molecule has 3 heteroatoms. The zero-order valence-corrected chi connectivity index (χ0v) is 10.8. The number of rotatable bonds is 5. The van der Waals surface area contributed by atoms with Crippen molar-refractivity contribution in [3.63, 3.8) is 0 Å². The summed E-state index contributed by atoms with van der Waals surface area (Å²) in [7, 11) is 0. The smallest absolute Gasteiger partial charge is 0.0789 e. The zero-order valence-electron chi connectivity index (χ0n) is 10.8. The van der Waals surface area contributed by atoms with E-state index in [1.807, 2.05) is 24.3 Å². The van der Waals surface area contributed by atoms with E-state index >= 15 is 0 Å². The molecule has 0 aromatic heterocycles. The summed E-state index contributed by atoms with van der Waals surface area (Å²) < 4.78 is 5.66. The lowest BCUT2D eigenvalue weighted by atomic mass is 10.0. The lowest BCUT2D eigenvalue weighted by Crippen LogP contribution is -2.45. The molecule has 1 aliphatic rings. The van der Waals surface area contributed by atoms with Gasteiger partial charge in [0.1, 0.15) is 0 Å². The third-order valence-corrected chi connectivity index (χ3v) is 3.35. The lowest BCUT2D eigenvalue weighted by molar-refractivity contribution is 0.0179. The van der Waals surface area contributed by atoms with Crippen molar-refractivity contribution in [3.05, 3.63) is 48.0 Å². The number of hydrogen-bond acceptors (Lipinski definition) is 3. The van der Waals surface area contributed by atoms with Gasteiger partial charge in [-0.05, 0) is 18.9 Å². The Bertz CT molecular complexity index is 377. The number of benzene rings is 1. The van der Waals surface area contributed by atoms with Gasteiger partial charge in [-0.2, -0.15) is 0 Å². The highest BCUT2D eigenvalue weighted by Crippen LogP contribution is 2.16. The van der Waals surface area contributed by atoms with Gasteiger partial charge < -0.3 is 15.2 Å². The van der Waals surface area contributed by atoms with Crippen LogP contribution in [0.2, 0.25) is 0 Å². The van der Waals surface area contributed by atoms with Gasteiger partial charge in [0.2, 0.25) is 0 Å². The molecular weight excluding hydrogens is 226 g/mol. The molecule has 3 atom stereocenters. The maximum atomic E-state index is 9.51. The van der Waals surface area contributed by atoms with Crippen molar-refractivity contribution in [2.24, 2.45) is 0 Å². The van der Waals surface area contributed by atoms with Crippen LogP contribution in [-0.4, -0.2) is 30.5 Å². The van der Waals surface area contributed by atoms with E-state index in [1.54, 1.807) is 0 Å². The first kappa shape index (κ1) is 13.3. The van der Waals surface area contributed by atoms with E-state index in [9.17, 15) is 5.11 Å². The van der Waals surface area contributed by atoms with Crippen LogP contribution in [0.4, 0.5) is 0 Å². The Morgan fingerprint density at radius 2 is 2.11 bits per heavy atom. The first-order valence-corrected chi connectivity index (χ1v) is 6.49. The first-order valence-electron chi connectivity index (χ1n) is 6.49. The van der Waals surface area contributed by atoms with Crippen molar-refractivity contribution in [2.75, 3.05) is 13.2 Å². The van der Waals surface area contributed by atoms with Crippen LogP contribution in [0.15, 0.2) is 42.5 Å². The molecule has 0 aliphatic carbocycles. The zero-order chi connectivity index (χ0) is 12.8. The monoisotopic (exact) mass is 247 g/mol. The van der Waals surface area contributed by atoms with E-state index in [-0.39, 0.29) is 24.8 Å². The van der Waals surface area contributed by atoms with E-state index in [0.717, 1.165) is 6.42 Å². The highest BCUT2D eigenvalue weighted by molar-refractivity contribution is 5.18. The van der Waals surface area contributed by atoms with Gasteiger partial charge in [-0.3, -0.25) is 0 Å². The second-order valence-electron chi connectivity index (χ2n) is 4.67. The molecule has 0 radical (unpaired) electrons. The van der Waals surface area contributed by atoms with Crippen LogP contribution >= 0.6 is 0 Å². The molecule has 0 fully saturated rings. The van der Waals surface area contributed by atoms with Gasteiger partial charge in [-0.1, -0.05) is 42.5 Å². The quantitative estimate of drug-likeness (QED) is 0.782. The van der Waals surface area contributed by atoms with Gasteiger partial charge in [0.25, 0.3) is 0 Å². The minimum Gasteiger partial charge on any atom is -0.395 e. The molecule has 2 N–H and O–H groups in total. The predicted octanol–water partition coefficient (Wildman–Crippen LogP) is 2.04. The minimum absolute atomic E-state index is 0.0230. The van der Waals surface area contributed by atoms with E-state index in [0.29, 0.717) is 6.61 Å². The van der Waals surface area contributed by atoms with E-state index in [1.165, 1.54) is 5.56 Å². The lowest BCUT2D eigenvalue weighted by Gasteiger charge is -2.30. The second kappa shape index (κ2) is 6.69. The number of hydrogen-bond donors (Lipinski definition) is 2. The summed E-state index contributed by atoms with van der Waals surface area (Å²) in [6.07, 6.45) is 5.06. The van der Waals surface area contributed by atoms with Crippen LogP contribution in [0, 0.1) is 0 Å². The number of ether oxygens (including phenoxy) is 1. The molecule has 3 nitrogen and oxygen atoms in total. The fourth-order valence-corrected chi connectivity index (χ4v) is 2.26. The average molecular weight is 247 g/mol. The van der Waals surface area contributed by atoms with Gasteiger partial charge >= 0.3 is 0 Å². The molecule has 0 saturated carbocycles. The maximum absolute atomic E-state index is 9.51. The topological polar surface area (TPSA) is 41.5 Å². The standard InChI is InChI=1S/C15H21NO2/c1-12(13-7-3-2-4-8-13)16-14(11-17)15-9-5-6-10-18-15/h2-8,12,14-17H,9-11H2,1H3/t12-,14+,15-/m1/s1. The van der Waals surface area contributed by atoms with Gasteiger partial charge in [0.05, 0.1) is 25.4 Å². The van der Waals surface area contributed by atoms with Gasteiger partial charge in [-0.25, -0.2) is 0 Å². The molecule has 1 aromatic rings. The number of nitrogens with one attached hydrogen (secondary N) is 1. The summed E-state index contributed by atoms with van der Waals surface area (Å²) >= 11 is 0. The third-order valence-electron chi connectivity index (χ3n) is 3.35. The molecule has 0 unspecified atom stereocenters. The van der Waals surface area contributed by atoms with Crippen molar-refractivity contribution in [3.8, 4) is 0 Å². The average Bonchev–Trinajstić information content (AvgIpc) is 2.46. The molecule has 1 aromatic carbocycles. The van der Waals surface area contributed by atoms with Gasteiger partial charge in [-0.15, -0.1) is 0 Å². The van der Waals surface area contributed by atoms with Crippen molar-refractivity contribution in [1.29, 1.82) is 0 Å². The van der Waals surface area contributed by atoms with Crippen LogP contribution < -0.4 is 5.32 Å². The summed E-state index contributed by atoms with van der Waals surface area (Å²) in [4.78, 5) is 0. The third kappa shape index (κ3) is 3.42. The molecular formula is C15H21NO2. The van der Waals surface area contributed by atoms with E-state index in [2.05, 4.69) is 30.4 Å². The summed E-state index contributed by atoms with van der Waals surface area (Å²) in [6.45, 7) is 2.84. The molecule has 0 spiro atoms. The highest BCUT2D eigenvalue weighted by atomic mass is 16.5. The maximum Gasteiger partial charge on any atom is 0.0789 e. The Balaban J connectivity index is 1.95. The van der Waals surface area contributed by atoms with Crippen molar-refractivity contribution in [1.82, 2.24) is 5.32 Å². The Hall–Kier alpha value is -1.16. The molecule has 1 aliphatic heterocycles. The van der Waals surface area contributed by atoms with Crippen LogP contribution in [0.25, 0.3) is 0 Å². The summed E-state index contributed by atoms with van der Waals surface area (Å²) in [5, 5.41) is 13.0. The van der Waals surface area contributed by atoms with Crippen LogP contribution in [0.1, 0.15) is 24.9 Å². The van der Waals surface area contributed by atoms with Crippen molar-refractivity contribution in [2.45, 2.75) is 31.5 Å². The Kier molecular flexibility index (Phi) is 4.93. The molecule has 98 valence electrons. The SMILES string of the molecule is C[C@@H](N[C@@H](CO)[C@H]1CC=CCO1)c1ccccc1. The second-order valence-corrected chi connectivity index (χ2v) is 4.67. The van der Waals surface area contributed by atoms with Crippen LogP contribution in [0.3, 0.4) is 0 Å². The molecule has 0 bridgehead atoms. The van der Waals surface area contributed by atoms with Crippen molar-refractivity contribution >= 4 is 0 Å². The largest absolute Gasteiger partial charge is 0.395 e. The molecule has 0 saturated heterocycles. The van der Waals surface area contributed by atoms with E-state index in [4.69, 9.17) is 4.74 Å². The Labute approximate surface area is 108 Å². The molecule has 0 amide bonds. The van der Waals surface area contributed by atoms with Crippen LogP contribution in [0.5, 0.6) is 0 Å². The Morgan fingerprint density at radius 3 is 2.72 bits per heavy atom. The Morgan fingerprint density at radius 1 is 1.33 bits per heavy atom. The first-order chi connectivity index (χ1) is 8.81. The minimum atomic E-state index is -0.0230. The highest BCUT2D eigenvalue weighted by Gasteiger charge is 2.23. The van der Waals surface area contributed by atoms with Crippen LogP contribution in [-0.2, 0) is 4.74 Å². The fraction of sp³-hybridized carbons (Fsp3) is 0.467. The van der Waals surface area contributed by atoms with E-state index < -0.39 is 0 Å². The summed E-state index contributed by atoms with van der Waals surface area (Å²) in [6, 6.07) is 10.4. The molecule has 1 heterocycles. The molecule has 2 rings (SSSR count).